The molecule has 0 spiro atoms. The van der Waals surface area contributed by atoms with Gasteiger partial charge in [-0.3, -0.25) is 4.68 Å². The van der Waals surface area contributed by atoms with Crippen LogP contribution >= 0.6 is 11.6 Å². The predicted molar refractivity (Wildman–Crippen MR) is 67.8 cm³/mol. The van der Waals surface area contributed by atoms with Gasteiger partial charge in [-0.15, -0.1) is 11.6 Å². The molecule has 0 N–H and O–H groups in total. The Labute approximate surface area is 103 Å². The first-order chi connectivity index (χ1) is 7.70. The minimum absolute atomic E-state index is 0.122. The molecule has 1 saturated carbocycles. The average Bonchev–Trinajstić information content (AvgIpc) is 2.78. The quantitative estimate of drug-likeness (QED) is 0.720. The van der Waals surface area contributed by atoms with Gasteiger partial charge >= 0.3 is 0 Å². The van der Waals surface area contributed by atoms with E-state index >= 15 is 0 Å². The molecule has 0 radical (unpaired) electrons. The molecule has 1 atom stereocenters. The van der Waals surface area contributed by atoms with Crippen molar-refractivity contribution in [2.24, 2.45) is 5.92 Å². The van der Waals surface area contributed by atoms with E-state index in [1.165, 1.54) is 31.2 Å². The van der Waals surface area contributed by atoms with Crippen LogP contribution in [0.4, 0.5) is 0 Å². The lowest BCUT2D eigenvalue weighted by atomic mass is 9.87. The van der Waals surface area contributed by atoms with E-state index in [4.69, 9.17) is 11.6 Å². The van der Waals surface area contributed by atoms with Gasteiger partial charge in [0.25, 0.3) is 0 Å². The van der Waals surface area contributed by atoms with Crippen molar-refractivity contribution in [3.8, 4) is 0 Å². The van der Waals surface area contributed by atoms with Crippen molar-refractivity contribution in [3.63, 3.8) is 0 Å². The van der Waals surface area contributed by atoms with Gasteiger partial charge in [0, 0.05) is 11.8 Å². The standard InChI is InChI=1S/C13H21ClN2/c1-3-13(14)11-8-15-16(9-11)12-6-4-10(2)5-7-12/h8-10,12-13H,3-7H2,1-2H3. The van der Waals surface area contributed by atoms with E-state index in [-0.39, 0.29) is 5.38 Å². The van der Waals surface area contributed by atoms with Gasteiger partial charge in [0.15, 0.2) is 0 Å². The highest BCUT2D eigenvalue weighted by Crippen LogP contribution is 2.32. The summed E-state index contributed by atoms with van der Waals surface area (Å²) in [6, 6.07) is 0.602. The lowest BCUT2D eigenvalue weighted by molar-refractivity contribution is 0.274. The van der Waals surface area contributed by atoms with Crippen molar-refractivity contribution in [1.82, 2.24) is 9.78 Å². The molecule has 0 aliphatic heterocycles. The summed E-state index contributed by atoms with van der Waals surface area (Å²) in [5.74, 6) is 0.891. The maximum atomic E-state index is 6.21. The largest absolute Gasteiger partial charge is 0.269 e. The van der Waals surface area contributed by atoms with Crippen molar-refractivity contribution in [2.45, 2.75) is 57.4 Å². The first kappa shape index (κ1) is 12.0. The van der Waals surface area contributed by atoms with Crippen LogP contribution in [0.15, 0.2) is 12.4 Å². The first-order valence-corrected chi connectivity index (χ1v) is 6.82. The lowest BCUT2D eigenvalue weighted by Gasteiger charge is -2.26. The van der Waals surface area contributed by atoms with Crippen LogP contribution in [-0.2, 0) is 0 Å². The summed E-state index contributed by atoms with van der Waals surface area (Å²) in [4.78, 5) is 0. The van der Waals surface area contributed by atoms with Gasteiger partial charge in [0.2, 0.25) is 0 Å². The molecule has 0 bridgehead atoms. The predicted octanol–water partition coefficient (Wildman–Crippen LogP) is 4.32. The Bertz CT molecular complexity index is 326. The molecular weight excluding hydrogens is 220 g/mol. The maximum absolute atomic E-state index is 6.21. The summed E-state index contributed by atoms with van der Waals surface area (Å²) in [5, 5.41) is 4.59. The second-order valence-electron chi connectivity index (χ2n) is 5.04. The molecule has 1 aliphatic rings. The third-order valence-corrected chi connectivity index (χ3v) is 4.26. The van der Waals surface area contributed by atoms with Gasteiger partial charge in [0.1, 0.15) is 0 Å². The van der Waals surface area contributed by atoms with Crippen LogP contribution in [-0.4, -0.2) is 9.78 Å². The van der Waals surface area contributed by atoms with E-state index in [1.54, 1.807) is 0 Å². The zero-order chi connectivity index (χ0) is 11.5. The molecule has 2 nitrogen and oxygen atoms in total. The van der Waals surface area contributed by atoms with Crippen LogP contribution in [0, 0.1) is 5.92 Å². The molecule has 3 heteroatoms. The van der Waals surface area contributed by atoms with E-state index in [1.807, 2.05) is 6.20 Å². The SMILES string of the molecule is CCC(Cl)c1cnn(C2CCC(C)CC2)c1. The van der Waals surface area contributed by atoms with Crippen molar-refractivity contribution in [1.29, 1.82) is 0 Å². The Morgan fingerprint density at radius 3 is 2.75 bits per heavy atom. The monoisotopic (exact) mass is 240 g/mol. The molecule has 1 aliphatic carbocycles. The Morgan fingerprint density at radius 1 is 1.44 bits per heavy atom. The Hall–Kier alpha value is -0.500. The fraction of sp³-hybridized carbons (Fsp3) is 0.769. The van der Waals surface area contributed by atoms with Crippen LogP contribution in [0.3, 0.4) is 0 Å². The van der Waals surface area contributed by atoms with Gasteiger partial charge in [-0.1, -0.05) is 13.8 Å². The zero-order valence-electron chi connectivity index (χ0n) is 10.2. The fourth-order valence-corrected chi connectivity index (χ4v) is 2.57. The maximum Gasteiger partial charge on any atom is 0.0613 e. The molecule has 1 unspecified atom stereocenters. The average molecular weight is 241 g/mol. The van der Waals surface area contributed by atoms with E-state index in [9.17, 15) is 0 Å². The summed E-state index contributed by atoms with van der Waals surface area (Å²) in [6.07, 6.45) is 10.2. The van der Waals surface area contributed by atoms with E-state index in [0.717, 1.165) is 12.3 Å². The number of hydrogen-bond acceptors (Lipinski definition) is 1. The third kappa shape index (κ3) is 2.60. The Balaban J connectivity index is 2.01. The highest BCUT2D eigenvalue weighted by molar-refractivity contribution is 6.20. The highest BCUT2D eigenvalue weighted by atomic mass is 35.5. The molecule has 0 aromatic carbocycles. The van der Waals surface area contributed by atoms with E-state index < -0.39 is 0 Å². The van der Waals surface area contributed by atoms with Gasteiger partial charge in [-0.2, -0.15) is 5.10 Å². The van der Waals surface area contributed by atoms with E-state index in [2.05, 4.69) is 29.8 Å². The van der Waals surface area contributed by atoms with Crippen molar-refractivity contribution >= 4 is 11.6 Å². The van der Waals surface area contributed by atoms with Crippen molar-refractivity contribution in [3.05, 3.63) is 18.0 Å². The molecule has 0 saturated heterocycles. The zero-order valence-corrected chi connectivity index (χ0v) is 11.0. The van der Waals surface area contributed by atoms with Crippen LogP contribution in [0.1, 0.15) is 62.9 Å². The number of alkyl halides is 1. The second-order valence-corrected chi connectivity index (χ2v) is 5.57. The summed E-state index contributed by atoms with van der Waals surface area (Å²) < 4.78 is 2.13. The molecule has 1 fully saturated rings. The molecule has 16 heavy (non-hydrogen) atoms. The summed E-state index contributed by atoms with van der Waals surface area (Å²) in [7, 11) is 0. The van der Waals surface area contributed by atoms with Crippen molar-refractivity contribution in [2.75, 3.05) is 0 Å². The fourth-order valence-electron chi connectivity index (χ4n) is 2.46. The normalized spacial score (nSPS) is 27.9. The topological polar surface area (TPSA) is 17.8 Å². The van der Waals surface area contributed by atoms with Crippen LogP contribution < -0.4 is 0 Å². The number of nitrogens with zero attached hydrogens (tertiary/aromatic N) is 2. The molecule has 90 valence electrons. The van der Waals surface area contributed by atoms with Crippen LogP contribution in [0.5, 0.6) is 0 Å². The van der Waals surface area contributed by atoms with Crippen LogP contribution in [0.25, 0.3) is 0 Å². The molecule has 1 aromatic heterocycles. The molecular formula is C13H21ClN2. The first-order valence-electron chi connectivity index (χ1n) is 6.38. The number of aromatic nitrogens is 2. The molecule has 1 aromatic rings. The van der Waals surface area contributed by atoms with Crippen LogP contribution in [0.2, 0.25) is 0 Å². The van der Waals surface area contributed by atoms with Crippen molar-refractivity contribution < 1.29 is 0 Å². The number of hydrogen-bond donors (Lipinski definition) is 0. The van der Waals surface area contributed by atoms with E-state index in [0.29, 0.717) is 6.04 Å². The second kappa shape index (κ2) is 5.22. The van der Waals surface area contributed by atoms with Gasteiger partial charge in [-0.25, -0.2) is 0 Å². The van der Waals surface area contributed by atoms with Gasteiger partial charge in [-0.05, 0) is 38.0 Å². The summed E-state index contributed by atoms with van der Waals surface area (Å²) in [5.41, 5.74) is 1.17. The summed E-state index contributed by atoms with van der Waals surface area (Å²) in [6.45, 7) is 4.45. The number of halogens is 1. The minimum atomic E-state index is 0.122. The van der Waals surface area contributed by atoms with Gasteiger partial charge < -0.3 is 0 Å². The smallest absolute Gasteiger partial charge is 0.0613 e. The number of rotatable bonds is 3. The highest BCUT2D eigenvalue weighted by Gasteiger charge is 2.20. The summed E-state index contributed by atoms with van der Waals surface area (Å²) >= 11 is 6.21. The molecule has 1 heterocycles. The third-order valence-electron chi connectivity index (χ3n) is 3.70. The van der Waals surface area contributed by atoms with Gasteiger partial charge in [0.05, 0.1) is 17.6 Å². The Kier molecular flexibility index (Phi) is 3.91. The Morgan fingerprint density at radius 2 is 2.12 bits per heavy atom. The molecule has 2 rings (SSSR count). The molecule has 0 amide bonds. The minimum Gasteiger partial charge on any atom is -0.269 e. The lowest BCUT2D eigenvalue weighted by Crippen LogP contribution is -2.17.